The number of benzene rings is 1. The molecule has 1 heterocycles. The highest BCUT2D eigenvalue weighted by Gasteiger charge is 2.23. The number of nitrogens with one attached hydrogen (secondary N) is 2. The summed E-state index contributed by atoms with van der Waals surface area (Å²) in [4.78, 5) is 33.3. The Kier molecular flexibility index (Phi) is 4.27. The molecule has 9 heteroatoms. The minimum Gasteiger partial charge on any atom is -0.397 e. The first-order chi connectivity index (χ1) is 9.88. The summed E-state index contributed by atoms with van der Waals surface area (Å²) in [5, 5.41) is 16.0. The van der Waals surface area contributed by atoms with Crippen molar-refractivity contribution >= 4 is 34.8 Å². The fraction of sp³-hybridized carbons (Fsp3) is 0.333. The first-order valence-corrected chi connectivity index (χ1v) is 6.57. The molecular weight excluding hydrogens is 300 g/mol. The predicted octanol–water partition coefficient (Wildman–Crippen LogP) is 0.839. The van der Waals surface area contributed by atoms with Crippen molar-refractivity contribution in [2.75, 3.05) is 12.3 Å². The van der Waals surface area contributed by atoms with Crippen LogP contribution in [0.4, 0.5) is 11.4 Å². The molecule has 1 aliphatic heterocycles. The normalized spacial score (nSPS) is 18.0. The monoisotopic (exact) mass is 312 g/mol. The quantitative estimate of drug-likeness (QED) is 0.433. The van der Waals surface area contributed by atoms with E-state index in [4.69, 9.17) is 17.3 Å². The number of hydrogen-bond acceptors (Lipinski definition) is 5. The van der Waals surface area contributed by atoms with Gasteiger partial charge in [-0.05, 0) is 6.42 Å². The molecule has 112 valence electrons. The number of nitrogens with zero attached hydrogens (tertiary/aromatic N) is 1. The Balaban J connectivity index is 2.18. The van der Waals surface area contributed by atoms with Crippen molar-refractivity contribution in [3.8, 4) is 0 Å². The topological polar surface area (TPSA) is 127 Å². The molecule has 0 aliphatic carbocycles. The number of piperidine rings is 1. The summed E-state index contributed by atoms with van der Waals surface area (Å²) in [6.45, 7) is 0.313. The zero-order valence-electron chi connectivity index (χ0n) is 10.9. The third-order valence-corrected chi connectivity index (χ3v) is 3.48. The van der Waals surface area contributed by atoms with Gasteiger partial charge in [0.2, 0.25) is 5.91 Å². The molecule has 2 amide bonds. The number of nitro benzene ring substituents is 1. The molecule has 4 N–H and O–H groups in total. The van der Waals surface area contributed by atoms with Crippen LogP contribution in [0.1, 0.15) is 23.2 Å². The smallest absolute Gasteiger partial charge is 0.271 e. The van der Waals surface area contributed by atoms with Crippen molar-refractivity contribution in [1.82, 2.24) is 10.6 Å². The molecule has 1 atom stereocenters. The first-order valence-electron chi connectivity index (χ1n) is 6.19. The summed E-state index contributed by atoms with van der Waals surface area (Å²) >= 11 is 5.80. The zero-order valence-corrected chi connectivity index (χ0v) is 11.6. The highest BCUT2D eigenvalue weighted by Crippen LogP contribution is 2.28. The molecule has 1 saturated heterocycles. The van der Waals surface area contributed by atoms with Gasteiger partial charge in [-0.3, -0.25) is 19.7 Å². The molecule has 2 rings (SSSR count). The van der Waals surface area contributed by atoms with Gasteiger partial charge in [-0.1, -0.05) is 11.6 Å². The third kappa shape index (κ3) is 3.40. The fourth-order valence-corrected chi connectivity index (χ4v) is 2.23. The lowest BCUT2D eigenvalue weighted by molar-refractivity contribution is -0.384. The second-order valence-electron chi connectivity index (χ2n) is 4.66. The lowest BCUT2D eigenvalue weighted by atomic mass is 10.1. The van der Waals surface area contributed by atoms with Crippen LogP contribution in [0.2, 0.25) is 5.02 Å². The van der Waals surface area contributed by atoms with Crippen LogP contribution in [0.15, 0.2) is 12.1 Å². The molecule has 8 nitrogen and oxygen atoms in total. The van der Waals surface area contributed by atoms with Gasteiger partial charge in [0.15, 0.2) is 0 Å². The van der Waals surface area contributed by atoms with E-state index in [0.717, 1.165) is 12.1 Å². The molecule has 0 saturated carbocycles. The van der Waals surface area contributed by atoms with E-state index in [0.29, 0.717) is 19.4 Å². The summed E-state index contributed by atoms with van der Waals surface area (Å²) in [7, 11) is 0. The van der Waals surface area contributed by atoms with E-state index in [-0.39, 0.29) is 33.9 Å². The SMILES string of the molecule is Nc1c(Cl)cc([N+](=O)[O-])cc1C(=O)NC1CCC(=O)NC1. The largest absolute Gasteiger partial charge is 0.397 e. The lowest BCUT2D eigenvalue weighted by Crippen LogP contribution is -2.47. The summed E-state index contributed by atoms with van der Waals surface area (Å²) in [6.07, 6.45) is 0.816. The Labute approximate surface area is 124 Å². The molecule has 1 aromatic rings. The predicted molar refractivity (Wildman–Crippen MR) is 76.0 cm³/mol. The number of rotatable bonds is 3. The molecule has 1 unspecified atom stereocenters. The molecule has 1 aliphatic rings. The van der Waals surface area contributed by atoms with E-state index in [1.165, 1.54) is 0 Å². The van der Waals surface area contributed by atoms with Crippen LogP contribution < -0.4 is 16.4 Å². The van der Waals surface area contributed by atoms with Gasteiger partial charge in [0.1, 0.15) is 0 Å². The van der Waals surface area contributed by atoms with Crippen LogP contribution in [-0.2, 0) is 4.79 Å². The van der Waals surface area contributed by atoms with Crippen LogP contribution in [-0.4, -0.2) is 29.3 Å². The molecular formula is C12H13ClN4O4. The van der Waals surface area contributed by atoms with Crippen LogP contribution in [0.25, 0.3) is 0 Å². The first kappa shape index (κ1) is 15.0. The number of carbonyl (C=O) groups excluding carboxylic acids is 2. The standard InChI is InChI=1S/C12H13ClN4O4/c13-9-4-7(17(20)21)3-8(11(9)14)12(19)16-6-1-2-10(18)15-5-6/h3-4,6H,1-2,5,14H2,(H,15,18)(H,16,19). The number of non-ortho nitro benzene ring substituents is 1. The Morgan fingerprint density at radius 2 is 2.24 bits per heavy atom. The van der Waals surface area contributed by atoms with Gasteiger partial charge in [-0.2, -0.15) is 0 Å². The van der Waals surface area contributed by atoms with Crippen molar-refractivity contribution in [1.29, 1.82) is 0 Å². The van der Waals surface area contributed by atoms with Crippen molar-refractivity contribution in [2.24, 2.45) is 0 Å². The minimum absolute atomic E-state index is 0.0142. The van der Waals surface area contributed by atoms with E-state index in [2.05, 4.69) is 10.6 Å². The van der Waals surface area contributed by atoms with Crippen molar-refractivity contribution in [2.45, 2.75) is 18.9 Å². The molecule has 0 spiro atoms. The lowest BCUT2D eigenvalue weighted by Gasteiger charge is -2.23. The summed E-state index contributed by atoms with van der Waals surface area (Å²) in [5.41, 5.74) is 5.32. The molecule has 0 radical (unpaired) electrons. The summed E-state index contributed by atoms with van der Waals surface area (Å²) < 4.78 is 0. The van der Waals surface area contributed by atoms with E-state index in [1.807, 2.05) is 0 Å². The maximum absolute atomic E-state index is 12.2. The number of halogens is 1. The molecule has 21 heavy (non-hydrogen) atoms. The molecule has 1 fully saturated rings. The van der Waals surface area contributed by atoms with Crippen LogP contribution in [0, 0.1) is 10.1 Å². The van der Waals surface area contributed by atoms with Gasteiger partial charge in [0.25, 0.3) is 11.6 Å². The maximum atomic E-state index is 12.2. The van der Waals surface area contributed by atoms with Crippen LogP contribution in [0.5, 0.6) is 0 Å². The van der Waals surface area contributed by atoms with Crippen molar-refractivity contribution in [3.05, 3.63) is 32.8 Å². The van der Waals surface area contributed by atoms with E-state index in [1.54, 1.807) is 0 Å². The van der Waals surface area contributed by atoms with Gasteiger partial charge >= 0.3 is 0 Å². The Morgan fingerprint density at radius 1 is 1.52 bits per heavy atom. The second-order valence-corrected chi connectivity index (χ2v) is 5.07. The van der Waals surface area contributed by atoms with E-state index >= 15 is 0 Å². The van der Waals surface area contributed by atoms with Crippen molar-refractivity contribution in [3.63, 3.8) is 0 Å². The Hall–Kier alpha value is -2.35. The second kappa shape index (κ2) is 5.96. The minimum atomic E-state index is -0.650. The number of nitro groups is 1. The van der Waals surface area contributed by atoms with E-state index in [9.17, 15) is 19.7 Å². The Morgan fingerprint density at radius 3 is 2.81 bits per heavy atom. The number of carbonyl (C=O) groups is 2. The number of hydrogen-bond donors (Lipinski definition) is 3. The fourth-order valence-electron chi connectivity index (χ4n) is 2.02. The summed E-state index contributed by atoms with van der Waals surface area (Å²) in [6, 6.07) is 1.93. The highest BCUT2D eigenvalue weighted by atomic mass is 35.5. The van der Waals surface area contributed by atoms with E-state index < -0.39 is 10.8 Å². The van der Waals surface area contributed by atoms with Gasteiger partial charge in [0.05, 0.1) is 21.2 Å². The molecule has 0 aromatic heterocycles. The summed E-state index contributed by atoms with van der Waals surface area (Å²) in [5.74, 6) is -0.627. The van der Waals surface area contributed by atoms with Crippen LogP contribution in [0.3, 0.4) is 0 Å². The highest BCUT2D eigenvalue weighted by molar-refractivity contribution is 6.34. The average molecular weight is 313 g/mol. The number of nitrogen functional groups attached to an aromatic ring is 1. The van der Waals surface area contributed by atoms with Gasteiger partial charge in [-0.25, -0.2) is 0 Å². The molecule has 0 bridgehead atoms. The number of amides is 2. The Bertz CT molecular complexity index is 610. The maximum Gasteiger partial charge on any atom is 0.271 e. The number of anilines is 1. The average Bonchev–Trinajstić information content (AvgIpc) is 2.43. The number of nitrogens with two attached hydrogens (primary N) is 1. The van der Waals surface area contributed by atoms with Crippen LogP contribution >= 0.6 is 11.6 Å². The third-order valence-electron chi connectivity index (χ3n) is 3.17. The van der Waals surface area contributed by atoms with Gasteiger partial charge in [-0.15, -0.1) is 0 Å². The molecule has 1 aromatic carbocycles. The van der Waals surface area contributed by atoms with Crippen molar-refractivity contribution < 1.29 is 14.5 Å². The van der Waals surface area contributed by atoms with Gasteiger partial charge < -0.3 is 16.4 Å². The zero-order chi connectivity index (χ0) is 15.6. The van der Waals surface area contributed by atoms with Gasteiger partial charge in [0, 0.05) is 31.1 Å².